The third-order valence-corrected chi connectivity index (χ3v) is 39.2. The molecule has 14 bridgehead atoms. The molecule has 0 fully saturated rings. The number of hydrogen-bond acceptors (Lipinski definition) is 6. The minimum Gasteiger partial charge on any atom is -0.494 e. The maximum Gasteiger partial charge on any atom is 0.141 e. The van der Waals surface area contributed by atoms with E-state index in [0.29, 0.717) is 0 Å². The molecule has 0 saturated heterocycles. The Balaban J connectivity index is 0.000000163. The first-order valence-electron chi connectivity index (χ1n) is 54.0. The largest absolute Gasteiger partial charge is 0.494 e. The van der Waals surface area contributed by atoms with Crippen molar-refractivity contribution in [3.8, 4) is 145 Å². The molecule has 0 radical (unpaired) electrons. The molecule has 6 heteroatoms. The fraction of sp³-hybridized carbons (Fsp3) is 0.161. The van der Waals surface area contributed by atoms with E-state index in [1.807, 2.05) is 64.3 Å². The Morgan fingerprint density at radius 3 is 0.960 bits per heavy atom. The number of thiophene rings is 3. The number of aliphatic hydroxyl groups is 1. The molecule has 10 aliphatic rings. The topological polar surface area (TPSA) is 38.7 Å². The van der Waals surface area contributed by atoms with Gasteiger partial charge in [0.1, 0.15) is 17.1 Å². The molecule has 0 amide bonds. The van der Waals surface area contributed by atoms with Crippen LogP contribution < -0.4 is 9.47 Å². The Kier molecular flexibility index (Phi) is 20.3. The molecule has 4 heterocycles. The highest BCUT2D eigenvalue weighted by Gasteiger charge is 2.61. The second-order valence-corrected chi connectivity index (χ2v) is 45.8. The van der Waals surface area contributed by atoms with Gasteiger partial charge in [-0.05, 0) is 326 Å². The highest BCUT2D eigenvalue weighted by Crippen LogP contribution is 2.73. The van der Waals surface area contributed by atoms with Crippen molar-refractivity contribution in [2.24, 2.45) is 0 Å². The van der Waals surface area contributed by atoms with Crippen LogP contribution in [0.15, 0.2) is 423 Å². The van der Waals surface area contributed by atoms with E-state index in [1.54, 1.807) is 0 Å². The van der Waals surface area contributed by atoms with Gasteiger partial charge in [0.05, 0.1) is 40.3 Å². The maximum atomic E-state index is 12.9. The minimum atomic E-state index is -1.29. The maximum absolute atomic E-state index is 12.9. The zero-order valence-electron chi connectivity index (χ0n) is 83.8. The highest BCUT2D eigenvalue weighted by molar-refractivity contribution is 7.13. The highest BCUT2D eigenvalue weighted by atomic mass is 32.1. The Morgan fingerprint density at radius 1 is 0.221 bits per heavy atom. The summed E-state index contributed by atoms with van der Waals surface area (Å²) in [5.41, 5.74) is 51.4. The van der Waals surface area contributed by atoms with Crippen LogP contribution in [0.2, 0.25) is 0 Å². The second kappa shape index (κ2) is 34.1. The fourth-order valence-electron chi connectivity index (χ4n) is 29.2. The lowest BCUT2D eigenvalue weighted by Gasteiger charge is -2.34. The normalized spacial score (nSPS) is 19.0. The molecule has 3 nitrogen and oxygen atoms in total. The number of fused-ring (bicyclic) bond motifs is 35. The van der Waals surface area contributed by atoms with Crippen LogP contribution in [0.4, 0.5) is 0 Å². The zero-order chi connectivity index (χ0) is 98.8. The summed E-state index contributed by atoms with van der Waals surface area (Å²) < 4.78 is 12.8. The van der Waals surface area contributed by atoms with Gasteiger partial charge in [-0.25, -0.2) is 0 Å². The predicted molar refractivity (Wildman–Crippen MR) is 616 cm³/mol. The van der Waals surface area contributed by atoms with Crippen LogP contribution in [0.3, 0.4) is 0 Å². The summed E-state index contributed by atoms with van der Waals surface area (Å²) in [5.74, 6) is 1.77. The minimum absolute atomic E-state index is 0.353. The van der Waals surface area contributed by atoms with Crippen molar-refractivity contribution in [2.45, 2.75) is 130 Å². The molecule has 1 aliphatic heterocycles. The van der Waals surface area contributed by atoms with Crippen LogP contribution >= 0.6 is 34.0 Å². The Labute approximate surface area is 884 Å². The molecule has 149 heavy (non-hydrogen) atoms. The van der Waals surface area contributed by atoms with E-state index >= 15 is 0 Å². The number of benzene rings is 18. The molecule has 1 N–H and O–H groups in total. The summed E-state index contributed by atoms with van der Waals surface area (Å²) in [5, 5.41) is 17.8. The number of aryl methyl sites for hydroxylation is 1. The number of unbranched alkanes of at least 4 members (excludes halogenated alkanes) is 10. The quantitative estimate of drug-likeness (QED) is 0.0773. The summed E-state index contributed by atoms with van der Waals surface area (Å²) in [4.78, 5) is 5.52. The van der Waals surface area contributed by atoms with Crippen LogP contribution in [0.5, 0.6) is 11.5 Å². The van der Waals surface area contributed by atoms with Gasteiger partial charge in [0.25, 0.3) is 0 Å². The molecule has 3 spiro atoms. The van der Waals surface area contributed by atoms with Gasteiger partial charge in [0.2, 0.25) is 0 Å². The molecule has 6 atom stereocenters. The van der Waals surface area contributed by atoms with E-state index < -0.39 is 27.3 Å². The van der Waals surface area contributed by atoms with Gasteiger partial charge in [-0.3, -0.25) is 0 Å². The van der Waals surface area contributed by atoms with Crippen LogP contribution in [-0.2, 0) is 32.7 Å². The van der Waals surface area contributed by atoms with Crippen LogP contribution in [0.1, 0.15) is 222 Å². The monoisotopic (exact) mass is 1970 g/mol. The lowest BCUT2D eigenvalue weighted by Crippen LogP contribution is -2.29. The smallest absolute Gasteiger partial charge is 0.141 e. The first-order valence-corrected chi connectivity index (χ1v) is 56.6. The van der Waals surface area contributed by atoms with Crippen molar-refractivity contribution in [2.75, 3.05) is 13.2 Å². The van der Waals surface area contributed by atoms with Gasteiger partial charge in [-0.2, -0.15) is 0 Å². The molecular weight excluding hydrogens is 1860 g/mol. The van der Waals surface area contributed by atoms with Crippen molar-refractivity contribution in [1.29, 1.82) is 0 Å². The average Bonchev–Trinajstić information content (AvgIpc) is 1.49. The van der Waals surface area contributed by atoms with E-state index in [9.17, 15) is 5.11 Å². The first kappa shape index (κ1) is 88.9. The van der Waals surface area contributed by atoms with Crippen molar-refractivity contribution in [3.05, 3.63) is 554 Å². The van der Waals surface area contributed by atoms with Crippen LogP contribution in [0, 0.1) is 6.92 Å². The Hall–Kier alpha value is -15.4. The lowest BCUT2D eigenvalue weighted by atomic mass is 9.66. The fourth-order valence-corrected chi connectivity index (χ4v) is 33.4. The SMILES string of the molecule is CCCCCCCCOc1ccc(C2(O)c3ccccc3-c3ccc(-c4ccc5c(c4)[C@]4(c6ccccc6-5)c5ccccc5-c5ccsc54)cc32)cc1.CCCCCCCCOc1ccc(C23c4cc5c(s4)[C@@]4(c6ccccc6-c6ccc(cc64)-c4ccc6c(c4)C(c4ccc(C)cc4)(c4ccccc4-6)c4csc6c4-c4ccccc4[C@]64c6ccccc6-c6ccc(cc64)-c4ccc(c2c4)-c2ccccc23)c2ccccc2-5)cc1. The third-order valence-electron chi connectivity index (χ3n) is 35.6. The van der Waals surface area contributed by atoms with E-state index in [2.05, 4.69) is 414 Å². The second-order valence-electron chi connectivity index (χ2n) is 43.0. The third kappa shape index (κ3) is 12.2. The number of hydrogen-bond donors (Lipinski definition) is 1. The molecule has 3 unspecified atom stereocenters. The summed E-state index contributed by atoms with van der Waals surface area (Å²) >= 11 is 5.88. The molecule has 21 aromatic rings. The zero-order valence-corrected chi connectivity index (χ0v) is 86.3. The van der Waals surface area contributed by atoms with Crippen molar-refractivity contribution >= 4 is 34.0 Å². The average molecular weight is 1970 g/mol. The molecule has 3 aromatic heterocycles. The lowest BCUT2D eigenvalue weighted by molar-refractivity contribution is 0.130. The van der Waals surface area contributed by atoms with Crippen molar-refractivity contribution in [3.63, 3.8) is 0 Å². The first-order chi connectivity index (χ1) is 73.6. The van der Waals surface area contributed by atoms with Crippen molar-refractivity contribution in [1.82, 2.24) is 0 Å². The van der Waals surface area contributed by atoms with Gasteiger partial charge in [-0.15, -0.1) is 34.0 Å². The van der Waals surface area contributed by atoms with E-state index in [4.69, 9.17) is 9.47 Å². The molecule has 31 rings (SSSR count). The van der Waals surface area contributed by atoms with E-state index in [-0.39, 0.29) is 5.41 Å². The molecule has 18 aromatic carbocycles. The molecule has 9 aliphatic carbocycles. The van der Waals surface area contributed by atoms with Crippen molar-refractivity contribution < 1.29 is 14.6 Å². The van der Waals surface area contributed by atoms with Gasteiger partial charge >= 0.3 is 0 Å². The van der Waals surface area contributed by atoms with Crippen LogP contribution in [0.25, 0.3) is 134 Å². The Morgan fingerprint density at radius 2 is 0.523 bits per heavy atom. The summed E-state index contributed by atoms with van der Waals surface area (Å²) in [6.45, 7) is 8.21. The van der Waals surface area contributed by atoms with Crippen LogP contribution in [-0.4, -0.2) is 18.3 Å². The summed E-state index contributed by atoms with van der Waals surface area (Å²) in [6.07, 6.45) is 14.8. The molecular formula is C143H108O3S3. The summed E-state index contributed by atoms with van der Waals surface area (Å²) in [7, 11) is 0. The van der Waals surface area contributed by atoms with Gasteiger partial charge in [-0.1, -0.05) is 423 Å². The van der Waals surface area contributed by atoms with Gasteiger partial charge in [0, 0.05) is 36.2 Å². The van der Waals surface area contributed by atoms with E-state index in [0.717, 1.165) is 76.5 Å². The van der Waals surface area contributed by atoms with Gasteiger partial charge < -0.3 is 14.6 Å². The number of rotatable bonds is 20. The Bertz CT molecular complexity index is 9130. The standard InChI is InChI=1S/C93H66OS2.C50H42O2S/c1-3-4-5-6-7-20-49-94-63-43-41-62(42-44-63)91-76-28-15-9-22-65(76)70-46-36-58(51-82(70)91)60-38-48-72-67-24-11-17-30-78(67)93(84(72)53-60)80-32-19-13-26-73(80)87-85(55-95-89(87)93)90(61-39-33-56(2)34-40-61)75-27-14-8-21-64(75)69-45-35-57(50-81(69)90)59-37-47-71-66-23-10-16-29-77(66)92(83(71)52-59)79-31-18-12-25-68(79)74-54-86(91)96-88(74)92;1-2-3-4-5-6-13-29-52-36-24-22-35(23-25-36)50(51)45-19-12-9-15-38(45)41-27-21-34(32-47(41)50)33-20-26-40-37-14-7-10-17-43(37)49(46(40)31-33)44-18-11-8-16-39(44)42-28-30-53-48(42)49/h8-19,21-48,50-55H,3-7,20,49H2,1-2H3;7-12,14-28,30-32,51H,2-6,13,29H2,1H3/t90?,91?,92-,93-;49-,50?/m00/s1. The molecule has 716 valence electrons. The predicted octanol–water partition coefficient (Wildman–Crippen LogP) is 36.7. The molecule has 0 saturated carbocycles. The van der Waals surface area contributed by atoms with Gasteiger partial charge in [0.15, 0.2) is 0 Å². The summed E-state index contributed by atoms with van der Waals surface area (Å²) in [6, 6.07) is 158. The van der Waals surface area contributed by atoms with E-state index in [1.165, 1.54) is 290 Å². The number of ether oxygens (including phenoxy) is 2.